The van der Waals surface area contributed by atoms with E-state index in [2.05, 4.69) is 4.99 Å². The Morgan fingerprint density at radius 3 is 3.00 bits per heavy atom. The summed E-state index contributed by atoms with van der Waals surface area (Å²) >= 11 is 1.62. The summed E-state index contributed by atoms with van der Waals surface area (Å²) in [5, 5.41) is 0.0971. The number of hydrogen-bond donors (Lipinski definition) is 1. The van der Waals surface area contributed by atoms with Crippen molar-refractivity contribution < 1.29 is 9.53 Å². The minimum Gasteiger partial charge on any atom is -0.439 e. The molecule has 2 atom stereocenters. The van der Waals surface area contributed by atoms with Gasteiger partial charge in [0.05, 0.1) is 5.69 Å². The third-order valence-corrected chi connectivity index (χ3v) is 3.49. The first-order chi connectivity index (χ1) is 7.66. The first kappa shape index (κ1) is 11.0. The first-order valence-corrected chi connectivity index (χ1v) is 5.81. The van der Waals surface area contributed by atoms with Gasteiger partial charge in [-0.3, -0.25) is 4.99 Å². The van der Waals surface area contributed by atoms with Crippen molar-refractivity contribution in [3.63, 3.8) is 0 Å². The number of rotatable bonds is 1. The van der Waals surface area contributed by atoms with Gasteiger partial charge in [-0.15, -0.1) is 11.8 Å². The molecule has 16 heavy (non-hydrogen) atoms. The molecule has 0 saturated heterocycles. The summed E-state index contributed by atoms with van der Waals surface area (Å²) in [6.45, 7) is 1.98. The lowest BCUT2D eigenvalue weighted by molar-refractivity contribution is 0.139. The number of para-hydroxylation sites is 1. The maximum Gasteiger partial charge on any atom is 0.405 e. The summed E-state index contributed by atoms with van der Waals surface area (Å²) < 4.78 is 4.98. The van der Waals surface area contributed by atoms with Crippen LogP contribution in [0.2, 0.25) is 0 Å². The molecule has 1 aliphatic heterocycles. The van der Waals surface area contributed by atoms with E-state index in [1.807, 2.05) is 31.2 Å². The van der Waals surface area contributed by atoms with Crippen molar-refractivity contribution in [1.82, 2.24) is 0 Å². The standard InChI is InChI=1S/C11H12N2O2S/c1-7-9(15-11(12)14)6-13-8-4-2-3-5-10(8)16-7/h2-7,9H,1H3,(H2,12,14). The minimum atomic E-state index is -0.769. The number of fused-ring (bicyclic) bond motifs is 1. The van der Waals surface area contributed by atoms with Crippen LogP contribution in [0.3, 0.4) is 0 Å². The van der Waals surface area contributed by atoms with Crippen LogP contribution in [0.1, 0.15) is 6.92 Å². The zero-order valence-electron chi connectivity index (χ0n) is 8.79. The van der Waals surface area contributed by atoms with Crippen molar-refractivity contribution >= 4 is 29.8 Å². The number of aliphatic imine (C=N–C) groups is 1. The molecule has 1 amide bonds. The van der Waals surface area contributed by atoms with Gasteiger partial charge in [0.1, 0.15) is 0 Å². The van der Waals surface area contributed by atoms with E-state index >= 15 is 0 Å². The Morgan fingerprint density at radius 1 is 1.50 bits per heavy atom. The second-order valence-corrected chi connectivity index (χ2v) is 4.89. The Hall–Kier alpha value is -1.49. The molecule has 1 aromatic carbocycles. The summed E-state index contributed by atoms with van der Waals surface area (Å²) in [6, 6.07) is 7.82. The third-order valence-electron chi connectivity index (χ3n) is 2.25. The van der Waals surface area contributed by atoms with Gasteiger partial charge in [-0.2, -0.15) is 0 Å². The summed E-state index contributed by atoms with van der Waals surface area (Å²) in [4.78, 5) is 16.1. The number of amides is 1. The molecule has 0 aromatic heterocycles. The lowest BCUT2D eigenvalue weighted by Gasteiger charge is -2.17. The molecule has 84 valence electrons. The van der Waals surface area contributed by atoms with E-state index in [1.54, 1.807) is 18.0 Å². The second kappa shape index (κ2) is 4.57. The fourth-order valence-corrected chi connectivity index (χ4v) is 2.53. The van der Waals surface area contributed by atoms with Crippen LogP contribution in [0.5, 0.6) is 0 Å². The molecule has 4 nitrogen and oxygen atoms in total. The minimum absolute atomic E-state index is 0.0971. The van der Waals surface area contributed by atoms with Gasteiger partial charge in [0.15, 0.2) is 6.10 Å². The SMILES string of the molecule is CC1Sc2ccccc2N=CC1OC(N)=O. The molecule has 1 aliphatic rings. The molecule has 1 heterocycles. The maximum absolute atomic E-state index is 10.7. The van der Waals surface area contributed by atoms with Crippen LogP contribution in [-0.2, 0) is 4.74 Å². The van der Waals surface area contributed by atoms with Crippen molar-refractivity contribution in [3.05, 3.63) is 24.3 Å². The van der Waals surface area contributed by atoms with E-state index in [-0.39, 0.29) is 11.4 Å². The molecular weight excluding hydrogens is 224 g/mol. The molecule has 0 spiro atoms. The van der Waals surface area contributed by atoms with Crippen molar-refractivity contribution in [2.75, 3.05) is 0 Å². The zero-order valence-corrected chi connectivity index (χ0v) is 9.61. The summed E-state index contributed by atoms with van der Waals surface area (Å²) in [6.07, 6.45) is 0.485. The number of thioether (sulfide) groups is 1. The highest BCUT2D eigenvalue weighted by atomic mass is 32.2. The number of nitrogens with zero attached hydrogens (tertiary/aromatic N) is 1. The van der Waals surface area contributed by atoms with Crippen LogP contribution in [0.15, 0.2) is 34.2 Å². The number of primary amides is 1. The Bertz CT molecular complexity index is 434. The maximum atomic E-state index is 10.7. The quantitative estimate of drug-likeness (QED) is 0.814. The molecule has 0 aliphatic carbocycles. The van der Waals surface area contributed by atoms with E-state index in [4.69, 9.17) is 10.5 Å². The van der Waals surface area contributed by atoms with Crippen molar-refractivity contribution in [2.24, 2.45) is 10.7 Å². The van der Waals surface area contributed by atoms with Gasteiger partial charge in [-0.1, -0.05) is 12.1 Å². The molecule has 0 fully saturated rings. The van der Waals surface area contributed by atoms with Crippen molar-refractivity contribution in [2.45, 2.75) is 23.2 Å². The van der Waals surface area contributed by atoms with Crippen LogP contribution < -0.4 is 5.73 Å². The second-order valence-electron chi connectivity index (χ2n) is 3.47. The van der Waals surface area contributed by atoms with E-state index in [9.17, 15) is 4.79 Å². The predicted molar refractivity (Wildman–Crippen MR) is 64.4 cm³/mol. The molecule has 2 unspecified atom stereocenters. The van der Waals surface area contributed by atoms with Crippen LogP contribution in [-0.4, -0.2) is 23.7 Å². The zero-order chi connectivity index (χ0) is 11.5. The number of ether oxygens (including phenoxy) is 1. The average molecular weight is 236 g/mol. The van der Waals surface area contributed by atoms with Crippen LogP contribution in [0.25, 0.3) is 0 Å². The highest BCUT2D eigenvalue weighted by Gasteiger charge is 2.23. The lowest BCUT2D eigenvalue weighted by atomic mass is 10.3. The predicted octanol–water partition coefficient (Wildman–Crippen LogP) is 2.35. The molecule has 0 radical (unpaired) electrons. The van der Waals surface area contributed by atoms with Crippen LogP contribution >= 0.6 is 11.8 Å². The van der Waals surface area contributed by atoms with E-state index < -0.39 is 6.09 Å². The number of carbonyl (C=O) groups is 1. The lowest BCUT2D eigenvalue weighted by Crippen LogP contribution is -2.30. The summed E-state index contributed by atoms with van der Waals surface area (Å²) in [7, 11) is 0. The van der Waals surface area contributed by atoms with Crippen molar-refractivity contribution in [3.8, 4) is 0 Å². The van der Waals surface area contributed by atoms with Crippen LogP contribution in [0, 0.1) is 0 Å². The monoisotopic (exact) mass is 236 g/mol. The molecule has 2 N–H and O–H groups in total. The largest absolute Gasteiger partial charge is 0.439 e. The number of hydrogen-bond acceptors (Lipinski definition) is 4. The highest BCUT2D eigenvalue weighted by molar-refractivity contribution is 8.00. The molecule has 0 saturated carbocycles. The van der Waals surface area contributed by atoms with E-state index in [0.717, 1.165) is 10.6 Å². The Labute approximate surface area is 97.9 Å². The van der Waals surface area contributed by atoms with Crippen LogP contribution in [0.4, 0.5) is 10.5 Å². The van der Waals surface area contributed by atoms with E-state index in [1.165, 1.54) is 0 Å². The number of nitrogens with two attached hydrogens (primary N) is 1. The Kier molecular flexibility index (Phi) is 3.14. The molecule has 2 rings (SSSR count). The summed E-state index contributed by atoms with van der Waals surface area (Å²) in [5.74, 6) is 0. The molecule has 5 heteroatoms. The van der Waals surface area contributed by atoms with Crippen molar-refractivity contribution in [1.29, 1.82) is 0 Å². The number of carbonyl (C=O) groups excluding carboxylic acids is 1. The Balaban J connectivity index is 2.24. The van der Waals surface area contributed by atoms with Gasteiger partial charge in [-0.25, -0.2) is 4.79 Å². The normalized spacial score (nSPS) is 23.3. The van der Waals surface area contributed by atoms with Gasteiger partial charge in [0, 0.05) is 16.4 Å². The Morgan fingerprint density at radius 2 is 2.25 bits per heavy atom. The molecule has 0 bridgehead atoms. The van der Waals surface area contributed by atoms with Gasteiger partial charge < -0.3 is 10.5 Å². The van der Waals surface area contributed by atoms with E-state index in [0.29, 0.717) is 0 Å². The van der Waals surface area contributed by atoms with Gasteiger partial charge >= 0.3 is 6.09 Å². The fraction of sp³-hybridized carbons (Fsp3) is 0.273. The van der Waals surface area contributed by atoms with Gasteiger partial charge in [0.2, 0.25) is 0 Å². The molecule has 1 aromatic rings. The van der Waals surface area contributed by atoms with Gasteiger partial charge in [0.25, 0.3) is 0 Å². The first-order valence-electron chi connectivity index (χ1n) is 4.93. The summed E-state index contributed by atoms with van der Waals surface area (Å²) in [5.41, 5.74) is 5.91. The third kappa shape index (κ3) is 2.36. The fourth-order valence-electron chi connectivity index (χ4n) is 1.47. The number of benzene rings is 1. The topological polar surface area (TPSA) is 64.7 Å². The molecular formula is C11H12N2O2S. The smallest absolute Gasteiger partial charge is 0.405 e. The highest BCUT2D eigenvalue weighted by Crippen LogP contribution is 2.35. The average Bonchev–Trinajstić information content (AvgIpc) is 2.39. The van der Waals surface area contributed by atoms with Gasteiger partial charge in [-0.05, 0) is 19.1 Å².